The van der Waals surface area contributed by atoms with Gasteiger partial charge in [-0.25, -0.2) is 0 Å². The zero-order valence-corrected chi connectivity index (χ0v) is 8.45. The van der Waals surface area contributed by atoms with Gasteiger partial charge >= 0.3 is 5.97 Å². The van der Waals surface area contributed by atoms with Crippen molar-refractivity contribution in [3.8, 4) is 0 Å². The first-order valence-corrected chi connectivity index (χ1v) is 5.11. The number of unbranched alkanes of at least 4 members (excludes halogenated alkanes) is 2. The summed E-state index contributed by atoms with van der Waals surface area (Å²) in [6.45, 7) is 4.09. The van der Waals surface area contributed by atoms with Gasteiger partial charge in [-0.2, -0.15) is 0 Å². The van der Waals surface area contributed by atoms with E-state index in [1.54, 1.807) is 0 Å². The Balaban J connectivity index is 2.23. The lowest BCUT2D eigenvalue weighted by atomic mass is 10.1. The highest BCUT2D eigenvalue weighted by atomic mass is 16.5. The van der Waals surface area contributed by atoms with Crippen molar-refractivity contribution in [2.75, 3.05) is 0 Å². The van der Waals surface area contributed by atoms with Gasteiger partial charge in [-0.1, -0.05) is 32.8 Å². The van der Waals surface area contributed by atoms with Crippen molar-refractivity contribution in [2.45, 2.75) is 45.6 Å². The Morgan fingerprint density at radius 3 is 2.92 bits per heavy atom. The van der Waals surface area contributed by atoms with Crippen LogP contribution in [0.2, 0.25) is 0 Å². The van der Waals surface area contributed by atoms with Gasteiger partial charge in [0.1, 0.15) is 6.10 Å². The van der Waals surface area contributed by atoms with Crippen LogP contribution in [0.15, 0.2) is 12.2 Å². The molecule has 2 heteroatoms. The zero-order chi connectivity index (χ0) is 9.68. The van der Waals surface area contributed by atoms with Crippen molar-refractivity contribution < 1.29 is 9.53 Å². The van der Waals surface area contributed by atoms with Crippen LogP contribution in [0.1, 0.15) is 39.5 Å². The number of cyclic esters (lactones) is 1. The number of esters is 1. The molecule has 0 bridgehead atoms. The van der Waals surface area contributed by atoms with E-state index in [9.17, 15) is 4.79 Å². The number of carbonyl (C=O) groups excluding carboxylic acids is 1. The third-order valence-corrected chi connectivity index (χ3v) is 2.33. The molecule has 1 heterocycles. The summed E-state index contributed by atoms with van der Waals surface area (Å²) in [4.78, 5) is 11.0. The predicted octanol–water partition coefficient (Wildman–Crippen LogP) is 2.68. The van der Waals surface area contributed by atoms with Crippen LogP contribution in [-0.4, -0.2) is 12.1 Å². The van der Waals surface area contributed by atoms with Gasteiger partial charge < -0.3 is 4.74 Å². The fourth-order valence-electron chi connectivity index (χ4n) is 1.45. The second-order valence-corrected chi connectivity index (χ2v) is 3.68. The zero-order valence-electron chi connectivity index (χ0n) is 8.45. The van der Waals surface area contributed by atoms with Gasteiger partial charge in [0.25, 0.3) is 0 Å². The molecule has 74 valence electrons. The Labute approximate surface area is 80.0 Å². The number of hydrogen-bond donors (Lipinski definition) is 0. The minimum absolute atomic E-state index is 0.0411. The largest absolute Gasteiger partial charge is 0.458 e. The number of allylic oxidation sites excluding steroid dienone is 1. The second-order valence-electron chi connectivity index (χ2n) is 3.68. The Hall–Kier alpha value is -0.790. The first-order valence-electron chi connectivity index (χ1n) is 5.11. The van der Waals surface area contributed by atoms with Crippen LogP contribution < -0.4 is 0 Å². The summed E-state index contributed by atoms with van der Waals surface area (Å²) in [5.74, 6) is 0.0333. The second kappa shape index (κ2) is 5.05. The summed E-state index contributed by atoms with van der Waals surface area (Å²) in [5.41, 5.74) is 0. The standard InChI is InChI=1S/C11H18O2/c1-3-4-5-6-7-10-8-9(2)11(12)13-10/h6-7,9-10H,3-5,8H2,1-2H3. The fraction of sp³-hybridized carbons (Fsp3) is 0.727. The van der Waals surface area contributed by atoms with E-state index in [-0.39, 0.29) is 18.0 Å². The lowest BCUT2D eigenvalue weighted by Gasteiger charge is -2.00. The fourth-order valence-corrected chi connectivity index (χ4v) is 1.45. The van der Waals surface area contributed by atoms with Gasteiger partial charge in [-0.05, 0) is 12.5 Å². The van der Waals surface area contributed by atoms with Crippen LogP contribution in [0.25, 0.3) is 0 Å². The van der Waals surface area contributed by atoms with Crippen molar-refractivity contribution in [2.24, 2.45) is 5.92 Å². The third kappa shape index (κ3) is 3.21. The van der Waals surface area contributed by atoms with E-state index in [2.05, 4.69) is 13.0 Å². The van der Waals surface area contributed by atoms with Crippen LogP contribution in [0, 0.1) is 5.92 Å². The van der Waals surface area contributed by atoms with E-state index in [1.165, 1.54) is 12.8 Å². The minimum Gasteiger partial charge on any atom is -0.458 e. The van der Waals surface area contributed by atoms with Gasteiger partial charge in [0.2, 0.25) is 0 Å². The molecule has 1 rings (SSSR count). The Kier molecular flexibility index (Phi) is 4.00. The Morgan fingerprint density at radius 1 is 1.62 bits per heavy atom. The van der Waals surface area contributed by atoms with E-state index >= 15 is 0 Å². The molecular formula is C11H18O2. The highest BCUT2D eigenvalue weighted by Gasteiger charge is 2.28. The van der Waals surface area contributed by atoms with Crippen molar-refractivity contribution in [1.82, 2.24) is 0 Å². The van der Waals surface area contributed by atoms with Crippen LogP contribution in [-0.2, 0) is 9.53 Å². The van der Waals surface area contributed by atoms with Gasteiger partial charge in [-0.3, -0.25) is 4.79 Å². The normalized spacial score (nSPS) is 28.3. The molecule has 0 radical (unpaired) electrons. The molecule has 1 aliphatic rings. The van der Waals surface area contributed by atoms with Gasteiger partial charge in [0, 0.05) is 6.42 Å². The maximum Gasteiger partial charge on any atom is 0.309 e. The molecule has 2 atom stereocenters. The molecule has 0 saturated carbocycles. The molecule has 2 unspecified atom stereocenters. The lowest BCUT2D eigenvalue weighted by molar-refractivity contribution is -0.142. The van der Waals surface area contributed by atoms with Crippen molar-refractivity contribution in [3.63, 3.8) is 0 Å². The molecule has 0 N–H and O–H groups in total. The lowest BCUT2D eigenvalue weighted by Crippen LogP contribution is -2.03. The molecule has 0 aliphatic carbocycles. The maximum atomic E-state index is 11.0. The molecule has 0 amide bonds. The van der Waals surface area contributed by atoms with Crippen LogP contribution in [0.4, 0.5) is 0 Å². The monoisotopic (exact) mass is 182 g/mol. The maximum absolute atomic E-state index is 11.0. The van der Waals surface area contributed by atoms with Crippen LogP contribution in [0.3, 0.4) is 0 Å². The van der Waals surface area contributed by atoms with Gasteiger partial charge in [0.15, 0.2) is 0 Å². The summed E-state index contributed by atoms with van der Waals surface area (Å²) in [6, 6.07) is 0. The molecule has 1 aliphatic heterocycles. The Morgan fingerprint density at radius 2 is 2.38 bits per heavy atom. The van der Waals surface area contributed by atoms with E-state index < -0.39 is 0 Å². The molecule has 0 aromatic carbocycles. The molecule has 2 nitrogen and oxygen atoms in total. The summed E-state index contributed by atoms with van der Waals surface area (Å²) >= 11 is 0. The minimum atomic E-state index is -0.0508. The quantitative estimate of drug-likeness (QED) is 0.379. The van der Waals surface area contributed by atoms with Crippen LogP contribution in [0.5, 0.6) is 0 Å². The van der Waals surface area contributed by atoms with Crippen molar-refractivity contribution >= 4 is 5.97 Å². The predicted molar refractivity (Wildman–Crippen MR) is 52.3 cm³/mol. The van der Waals surface area contributed by atoms with Crippen LogP contribution >= 0.6 is 0 Å². The van der Waals surface area contributed by atoms with Crippen molar-refractivity contribution in [3.05, 3.63) is 12.2 Å². The average Bonchev–Trinajstić information content (AvgIpc) is 2.41. The first-order chi connectivity index (χ1) is 6.24. The van der Waals surface area contributed by atoms with Crippen molar-refractivity contribution in [1.29, 1.82) is 0 Å². The van der Waals surface area contributed by atoms with Gasteiger partial charge in [-0.15, -0.1) is 0 Å². The van der Waals surface area contributed by atoms with Gasteiger partial charge in [0.05, 0.1) is 5.92 Å². The van der Waals surface area contributed by atoms with E-state index in [1.807, 2.05) is 13.0 Å². The number of hydrogen-bond acceptors (Lipinski definition) is 2. The highest BCUT2D eigenvalue weighted by Crippen LogP contribution is 2.21. The summed E-state index contributed by atoms with van der Waals surface area (Å²) < 4.78 is 5.13. The Bertz CT molecular complexity index is 196. The third-order valence-electron chi connectivity index (χ3n) is 2.33. The number of rotatable bonds is 4. The van der Waals surface area contributed by atoms with E-state index in [0.29, 0.717) is 0 Å². The van der Waals surface area contributed by atoms with E-state index in [4.69, 9.17) is 4.74 Å². The molecule has 0 aromatic heterocycles. The number of carbonyl (C=O) groups is 1. The topological polar surface area (TPSA) is 26.3 Å². The molecule has 0 spiro atoms. The smallest absolute Gasteiger partial charge is 0.309 e. The average molecular weight is 182 g/mol. The highest BCUT2D eigenvalue weighted by molar-refractivity contribution is 5.74. The summed E-state index contributed by atoms with van der Waals surface area (Å²) in [5, 5.41) is 0. The summed E-state index contributed by atoms with van der Waals surface area (Å²) in [6.07, 6.45) is 8.56. The molecular weight excluding hydrogens is 164 g/mol. The van der Waals surface area contributed by atoms with E-state index in [0.717, 1.165) is 12.8 Å². The molecule has 1 fully saturated rings. The number of ether oxygens (including phenoxy) is 1. The molecule has 1 saturated heterocycles. The molecule has 13 heavy (non-hydrogen) atoms. The first kappa shape index (κ1) is 10.3. The SMILES string of the molecule is CCCCC=CC1CC(C)C(=O)O1. The molecule has 0 aromatic rings. The summed E-state index contributed by atoms with van der Waals surface area (Å²) in [7, 11) is 0.